The fraction of sp³-hybridized carbons (Fsp3) is 0.360. The van der Waals surface area contributed by atoms with E-state index < -0.39 is 30.0 Å². The van der Waals surface area contributed by atoms with Crippen molar-refractivity contribution in [1.82, 2.24) is 4.98 Å². The van der Waals surface area contributed by atoms with Crippen molar-refractivity contribution in [2.24, 2.45) is 0 Å². The van der Waals surface area contributed by atoms with Gasteiger partial charge in [0.15, 0.2) is 5.60 Å². The van der Waals surface area contributed by atoms with E-state index in [0.29, 0.717) is 34.9 Å². The molecule has 0 aliphatic heterocycles. The Bertz CT molecular complexity index is 1160. The number of hydrogen-bond acceptors (Lipinski definition) is 3. The standard InChI is InChI=1S/C25H23F3N2O/c1-23(11-4-5-18-13-17(15-29)8-9-21(18)23)16-24(31,25(26,27)28)14-19-10-12-30-22-7-3-2-6-20(19)22/h2-3,6-10,12-13,31H,4-5,11,14,16H2,1H3/t23?,24-/m0/s1. The van der Waals surface area contributed by atoms with Crippen LogP contribution in [0.2, 0.25) is 0 Å². The van der Waals surface area contributed by atoms with Gasteiger partial charge in [-0.3, -0.25) is 4.98 Å². The van der Waals surface area contributed by atoms with Gasteiger partial charge in [0.05, 0.1) is 17.1 Å². The first-order chi connectivity index (χ1) is 14.7. The number of hydrogen-bond donors (Lipinski definition) is 1. The predicted octanol–water partition coefficient (Wildman–Crippen LogP) is 5.63. The summed E-state index contributed by atoms with van der Waals surface area (Å²) in [6.45, 7) is 1.79. The van der Waals surface area contributed by atoms with Crippen molar-refractivity contribution < 1.29 is 18.3 Å². The molecule has 0 saturated carbocycles. The Morgan fingerprint density at radius 1 is 1.16 bits per heavy atom. The van der Waals surface area contributed by atoms with E-state index >= 15 is 0 Å². The summed E-state index contributed by atoms with van der Waals surface area (Å²) >= 11 is 0. The normalized spacial score (nSPS) is 20.6. The van der Waals surface area contributed by atoms with E-state index in [1.54, 1.807) is 55.5 Å². The summed E-state index contributed by atoms with van der Waals surface area (Å²) in [7, 11) is 0. The summed E-state index contributed by atoms with van der Waals surface area (Å²) in [6, 6.07) is 15.8. The molecule has 3 aromatic rings. The lowest BCUT2D eigenvalue weighted by atomic mass is 9.65. The Labute approximate surface area is 179 Å². The molecule has 0 radical (unpaired) electrons. The third-order valence-corrected chi connectivity index (χ3v) is 6.49. The van der Waals surface area contributed by atoms with Crippen LogP contribution in [0.25, 0.3) is 10.9 Å². The first-order valence-corrected chi connectivity index (χ1v) is 10.3. The fourth-order valence-corrected chi connectivity index (χ4v) is 4.98. The van der Waals surface area contributed by atoms with Crippen molar-refractivity contribution >= 4 is 10.9 Å². The van der Waals surface area contributed by atoms with Gasteiger partial charge in [-0.1, -0.05) is 31.2 Å². The van der Waals surface area contributed by atoms with Gasteiger partial charge in [0.1, 0.15) is 0 Å². The van der Waals surface area contributed by atoms with E-state index in [4.69, 9.17) is 5.26 Å². The van der Waals surface area contributed by atoms with Gasteiger partial charge in [0.25, 0.3) is 0 Å². The first kappa shape index (κ1) is 21.3. The van der Waals surface area contributed by atoms with Crippen LogP contribution >= 0.6 is 0 Å². The third-order valence-electron chi connectivity index (χ3n) is 6.49. The maximum Gasteiger partial charge on any atom is 0.417 e. The number of para-hydroxylation sites is 1. The largest absolute Gasteiger partial charge is 0.417 e. The zero-order chi connectivity index (χ0) is 22.3. The molecule has 1 unspecified atom stereocenters. The van der Waals surface area contributed by atoms with Crippen LogP contribution in [0, 0.1) is 11.3 Å². The summed E-state index contributed by atoms with van der Waals surface area (Å²) in [4.78, 5) is 4.22. The zero-order valence-corrected chi connectivity index (χ0v) is 17.2. The third kappa shape index (κ3) is 3.90. The number of aromatic nitrogens is 1. The molecule has 1 aliphatic rings. The van der Waals surface area contributed by atoms with Crippen LogP contribution in [0.3, 0.4) is 0 Å². The minimum atomic E-state index is -4.80. The highest BCUT2D eigenvalue weighted by atomic mass is 19.4. The van der Waals surface area contributed by atoms with Crippen LogP contribution in [0.5, 0.6) is 0 Å². The molecule has 0 amide bonds. The van der Waals surface area contributed by atoms with Crippen molar-refractivity contribution in [3.8, 4) is 6.07 Å². The van der Waals surface area contributed by atoms with Gasteiger partial charge in [-0.2, -0.15) is 18.4 Å². The minimum absolute atomic E-state index is 0.421. The molecule has 4 rings (SSSR count). The molecular weight excluding hydrogens is 401 g/mol. The number of halogens is 3. The lowest BCUT2D eigenvalue weighted by Crippen LogP contribution is -2.52. The van der Waals surface area contributed by atoms with Crippen LogP contribution < -0.4 is 0 Å². The summed E-state index contributed by atoms with van der Waals surface area (Å²) in [5.74, 6) is 0. The Morgan fingerprint density at radius 2 is 1.94 bits per heavy atom. The molecule has 0 bridgehead atoms. The fourth-order valence-electron chi connectivity index (χ4n) is 4.98. The molecule has 1 aliphatic carbocycles. The maximum atomic E-state index is 14.3. The van der Waals surface area contributed by atoms with Gasteiger partial charge in [0, 0.05) is 18.0 Å². The Hall–Kier alpha value is -2.91. The monoisotopic (exact) mass is 424 g/mol. The molecule has 3 nitrogen and oxygen atoms in total. The number of fused-ring (bicyclic) bond motifs is 2. The van der Waals surface area contributed by atoms with Gasteiger partial charge in [-0.05, 0) is 72.1 Å². The van der Waals surface area contributed by atoms with Crippen molar-refractivity contribution in [1.29, 1.82) is 5.26 Å². The van der Waals surface area contributed by atoms with E-state index in [9.17, 15) is 18.3 Å². The van der Waals surface area contributed by atoms with Gasteiger partial charge in [-0.25, -0.2) is 0 Å². The van der Waals surface area contributed by atoms with Crippen molar-refractivity contribution in [3.05, 3.63) is 77.0 Å². The number of aryl methyl sites for hydroxylation is 1. The van der Waals surface area contributed by atoms with E-state index in [1.165, 1.54) is 6.20 Å². The highest BCUT2D eigenvalue weighted by Crippen LogP contribution is 2.48. The molecule has 1 heterocycles. The number of benzene rings is 2. The van der Waals surface area contributed by atoms with Crippen LogP contribution in [0.4, 0.5) is 13.2 Å². The second-order valence-electron chi connectivity index (χ2n) is 8.77. The predicted molar refractivity (Wildman–Crippen MR) is 113 cm³/mol. The van der Waals surface area contributed by atoms with Crippen molar-refractivity contribution in [2.75, 3.05) is 0 Å². The zero-order valence-electron chi connectivity index (χ0n) is 17.2. The summed E-state index contributed by atoms with van der Waals surface area (Å²) in [6.07, 6.45) is -2.33. The molecule has 0 spiro atoms. The molecular formula is C25H23F3N2O. The Balaban J connectivity index is 1.75. The highest BCUT2D eigenvalue weighted by molar-refractivity contribution is 5.81. The van der Waals surface area contributed by atoms with E-state index in [1.807, 2.05) is 0 Å². The van der Waals surface area contributed by atoms with E-state index in [0.717, 1.165) is 17.5 Å². The highest BCUT2D eigenvalue weighted by Gasteiger charge is 2.57. The van der Waals surface area contributed by atoms with Crippen molar-refractivity contribution in [2.45, 2.75) is 56.2 Å². The molecule has 31 heavy (non-hydrogen) atoms. The number of alkyl halides is 3. The summed E-state index contributed by atoms with van der Waals surface area (Å²) in [5, 5.41) is 20.9. The first-order valence-electron chi connectivity index (χ1n) is 10.3. The molecule has 160 valence electrons. The van der Waals surface area contributed by atoms with E-state index in [2.05, 4.69) is 11.1 Å². The van der Waals surface area contributed by atoms with Crippen molar-refractivity contribution in [3.63, 3.8) is 0 Å². The molecule has 1 N–H and O–H groups in total. The average Bonchev–Trinajstić information content (AvgIpc) is 2.73. The molecule has 0 saturated heterocycles. The minimum Gasteiger partial charge on any atom is -0.380 e. The van der Waals surface area contributed by atoms with Crippen LogP contribution in [-0.2, 0) is 18.3 Å². The number of rotatable bonds is 4. The Morgan fingerprint density at radius 3 is 2.68 bits per heavy atom. The topological polar surface area (TPSA) is 56.9 Å². The van der Waals surface area contributed by atoms with E-state index in [-0.39, 0.29) is 0 Å². The van der Waals surface area contributed by atoms with Crippen LogP contribution in [0.15, 0.2) is 54.7 Å². The van der Waals surface area contributed by atoms with Gasteiger partial charge >= 0.3 is 6.18 Å². The SMILES string of the molecule is CC1(C[C@@](O)(Cc2ccnc3ccccc23)C(F)(F)F)CCCc2cc(C#N)ccc21. The second kappa shape index (κ2) is 7.65. The van der Waals surface area contributed by atoms with Gasteiger partial charge < -0.3 is 5.11 Å². The lowest BCUT2D eigenvalue weighted by molar-refractivity contribution is -0.267. The number of pyridine rings is 1. The quantitative estimate of drug-likeness (QED) is 0.591. The van der Waals surface area contributed by atoms with Crippen LogP contribution in [-0.4, -0.2) is 21.9 Å². The van der Waals surface area contributed by atoms with Gasteiger partial charge in [-0.15, -0.1) is 0 Å². The average molecular weight is 424 g/mol. The Kier molecular flexibility index (Phi) is 5.26. The second-order valence-corrected chi connectivity index (χ2v) is 8.77. The molecule has 2 aromatic carbocycles. The molecule has 2 atom stereocenters. The molecule has 0 fully saturated rings. The summed E-state index contributed by atoms with van der Waals surface area (Å²) in [5.41, 5.74) is -0.542. The molecule has 6 heteroatoms. The smallest absolute Gasteiger partial charge is 0.380 e. The van der Waals surface area contributed by atoms with Crippen LogP contribution in [0.1, 0.15) is 48.4 Å². The number of nitrogens with zero attached hydrogens (tertiary/aromatic N) is 2. The lowest BCUT2D eigenvalue weighted by Gasteiger charge is -2.43. The number of aliphatic hydroxyl groups is 1. The van der Waals surface area contributed by atoms with Gasteiger partial charge in [0.2, 0.25) is 0 Å². The summed E-state index contributed by atoms with van der Waals surface area (Å²) < 4.78 is 42.9. The number of nitriles is 1. The maximum absolute atomic E-state index is 14.3. The molecule has 1 aromatic heterocycles.